The maximum absolute atomic E-state index is 11.1. The molecule has 0 saturated heterocycles. The van der Waals surface area contributed by atoms with Crippen molar-refractivity contribution in [3.63, 3.8) is 0 Å². The van der Waals surface area contributed by atoms with Gasteiger partial charge in [0.1, 0.15) is 17.8 Å². The number of carbonyl (C=O) groups is 2. The molecule has 1 aliphatic carbocycles. The van der Waals surface area contributed by atoms with E-state index in [-0.39, 0.29) is 11.8 Å². The molecule has 0 saturated carbocycles. The fraction of sp³-hybridized carbons (Fsp3) is 0.355. The first-order valence-corrected chi connectivity index (χ1v) is 12.8. The Morgan fingerprint density at radius 1 is 1.05 bits per heavy atom. The van der Waals surface area contributed by atoms with E-state index in [4.69, 9.17) is 10.5 Å². The number of rotatable bonds is 6. The maximum Gasteiger partial charge on any atom is 0.231 e. The summed E-state index contributed by atoms with van der Waals surface area (Å²) in [4.78, 5) is 21.7. The summed E-state index contributed by atoms with van der Waals surface area (Å²) < 4.78 is 10.1. The topological polar surface area (TPSA) is 90.6 Å². The quantitative estimate of drug-likeness (QED) is 0.446. The third-order valence-electron chi connectivity index (χ3n) is 5.45. The highest BCUT2D eigenvalue weighted by atomic mass is 16.5. The maximum atomic E-state index is 11.1. The first-order chi connectivity index (χ1) is 17.9. The third-order valence-corrected chi connectivity index (χ3v) is 5.45. The molecule has 1 amide bonds. The van der Waals surface area contributed by atoms with Gasteiger partial charge < -0.3 is 25.3 Å². The predicted molar refractivity (Wildman–Crippen MR) is 153 cm³/mol. The van der Waals surface area contributed by atoms with E-state index in [0.717, 1.165) is 47.5 Å². The van der Waals surface area contributed by atoms with Crippen LogP contribution in [0.4, 0.5) is 5.69 Å². The third kappa shape index (κ3) is 11.0. The summed E-state index contributed by atoms with van der Waals surface area (Å²) in [5, 5.41) is 2.81. The van der Waals surface area contributed by atoms with Crippen LogP contribution in [0.3, 0.4) is 0 Å². The summed E-state index contributed by atoms with van der Waals surface area (Å²) >= 11 is 0. The normalized spacial score (nSPS) is 15.9. The van der Waals surface area contributed by atoms with Gasteiger partial charge in [-0.3, -0.25) is 4.79 Å². The van der Waals surface area contributed by atoms with Crippen LogP contribution in [0.15, 0.2) is 84.2 Å². The second kappa shape index (κ2) is 17.9. The number of allylic oxidation sites excluding steroid dienone is 5. The number of fused-ring (bicyclic) bond motifs is 1. The van der Waals surface area contributed by atoms with Crippen molar-refractivity contribution in [3.8, 4) is 5.75 Å². The number of nitrogens with two attached hydrogens (primary N) is 1. The van der Waals surface area contributed by atoms with Gasteiger partial charge in [0.05, 0.1) is 12.0 Å². The largest absolute Gasteiger partial charge is 0.458 e. The Balaban J connectivity index is 0.000000356. The molecule has 4 rings (SSSR count). The van der Waals surface area contributed by atoms with Crippen LogP contribution in [0.25, 0.3) is 0 Å². The Labute approximate surface area is 222 Å². The average Bonchev–Trinajstić information content (AvgIpc) is 3.07. The van der Waals surface area contributed by atoms with Crippen molar-refractivity contribution in [1.29, 1.82) is 0 Å². The van der Waals surface area contributed by atoms with Crippen LogP contribution < -0.4 is 15.8 Å². The molecule has 0 fully saturated rings. The van der Waals surface area contributed by atoms with Crippen molar-refractivity contribution in [3.05, 3.63) is 95.3 Å². The predicted octanol–water partition coefficient (Wildman–Crippen LogP) is 6.35. The average molecular weight is 507 g/mol. The minimum atomic E-state index is -0.442. The lowest BCUT2D eigenvalue weighted by Crippen LogP contribution is -2.23. The molecule has 1 aliphatic heterocycles. The number of ether oxygens (including phenoxy) is 2. The van der Waals surface area contributed by atoms with Crippen LogP contribution in [0.2, 0.25) is 0 Å². The smallest absolute Gasteiger partial charge is 0.231 e. The summed E-state index contributed by atoms with van der Waals surface area (Å²) in [6, 6.07) is 15.0. The number of aldehydes is 1. The zero-order valence-corrected chi connectivity index (χ0v) is 23.0. The first-order valence-electron chi connectivity index (χ1n) is 12.8. The highest BCUT2D eigenvalue weighted by Gasteiger charge is 2.25. The molecule has 0 bridgehead atoms. The molecule has 0 aromatic heterocycles. The Morgan fingerprint density at radius 3 is 2.30 bits per heavy atom. The minimum Gasteiger partial charge on any atom is -0.458 e. The van der Waals surface area contributed by atoms with Crippen molar-refractivity contribution < 1.29 is 19.1 Å². The van der Waals surface area contributed by atoms with Crippen molar-refractivity contribution in [1.82, 2.24) is 0 Å². The van der Waals surface area contributed by atoms with Gasteiger partial charge in [0, 0.05) is 19.9 Å². The lowest BCUT2D eigenvalue weighted by atomic mass is 10.0. The van der Waals surface area contributed by atoms with E-state index in [2.05, 4.69) is 35.2 Å². The summed E-state index contributed by atoms with van der Waals surface area (Å²) in [7, 11) is 3.25. The van der Waals surface area contributed by atoms with Crippen LogP contribution in [0.1, 0.15) is 57.6 Å². The van der Waals surface area contributed by atoms with Crippen molar-refractivity contribution in [2.45, 2.75) is 58.9 Å². The monoisotopic (exact) mass is 506 g/mol. The van der Waals surface area contributed by atoms with E-state index in [1.807, 2.05) is 75.4 Å². The van der Waals surface area contributed by atoms with Gasteiger partial charge in [-0.25, -0.2) is 0 Å². The highest BCUT2D eigenvalue weighted by molar-refractivity contribution is 6.02. The van der Waals surface area contributed by atoms with Gasteiger partial charge >= 0.3 is 0 Å². The number of amides is 1. The molecule has 0 radical (unpaired) electrons. The molecule has 37 heavy (non-hydrogen) atoms. The molecule has 2 atom stereocenters. The summed E-state index contributed by atoms with van der Waals surface area (Å²) in [5.41, 5.74) is 10.0. The van der Waals surface area contributed by atoms with Crippen molar-refractivity contribution in [2.75, 3.05) is 19.5 Å². The second-order valence-corrected chi connectivity index (χ2v) is 8.26. The molecule has 0 spiro atoms. The number of hydrogen-bond donors (Lipinski definition) is 2. The fourth-order valence-corrected chi connectivity index (χ4v) is 3.51. The fourth-order valence-electron chi connectivity index (χ4n) is 3.51. The molecule has 1 heterocycles. The lowest BCUT2D eigenvalue weighted by Gasteiger charge is -2.08. The number of benzene rings is 2. The van der Waals surface area contributed by atoms with E-state index in [1.165, 1.54) is 5.57 Å². The number of carbonyl (C=O) groups excluding carboxylic acids is 2. The van der Waals surface area contributed by atoms with E-state index < -0.39 is 6.04 Å². The lowest BCUT2D eigenvalue weighted by molar-refractivity contribution is -0.116. The molecule has 3 N–H and O–H groups in total. The first kappa shape index (κ1) is 31.5. The van der Waals surface area contributed by atoms with Gasteiger partial charge in [-0.15, -0.1) is 0 Å². The molecular formula is C31H42N2O4. The zero-order valence-electron chi connectivity index (χ0n) is 23.0. The number of methoxy groups -OCH3 is 1. The Morgan fingerprint density at radius 2 is 1.70 bits per heavy atom. The van der Waals surface area contributed by atoms with Crippen LogP contribution in [0, 0.1) is 0 Å². The number of nitrogens with one attached hydrogen (secondary N) is 1. The van der Waals surface area contributed by atoms with Gasteiger partial charge in [-0.05, 0) is 67.7 Å². The molecule has 2 aromatic rings. The molecule has 2 aliphatic rings. The SMILES string of the molecule is CC.CC1C(=O)Nc2ccccc21.CCC1=CCC=C(Oc2ccc(CC(N)C=O)cc2)C=C1.COC. The standard InChI is InChI=1S/C18H21NO2.C9H9NO.C2H6O.C2H6/c1-2-14-4-3-5-17(9-6-14)21-18-10-7-15(8-11-18)12-16(19)13-20;1-6-7-4-2-3-5-8(7)10-9(6)11;1-3-2;1-2/h4-11,13,16H,2-3,12,19H2,1H3;2-6H,1H3,(H,10,11);1-2H3;1-2H3. The van der Waals surface area contributed by atoms with Crippen LogP contribution in [-0.4, -0.2) is 32.5 Å². The molecule has 2 aromatic carbocycles. The van der Waals surface area contributed by atoms with Gasteiger partial charge in [0.2, 0.25) is 5.91 Å². The minimum absolute atomic E-state index is 0.0196. The second-order valence-electron chi connectivity index (χ2n) is 8.26. The van der Waals surface area contributed by atoms with Gasteiger partial charge in [-0.1, -0.05) is 68.8 Å². The molecular weight excluding hydrogens is 464 g/mol. The molecule has 6 heteroatoms. The van der Waals surface area contributed by atoms with Gasteiger partial charge in [0.15, 0.2) is 0 Å². The van der Waals surface area contributed by atoms with Crippen LogP contribution >= 0.6 is 0 Å². The molecule has 200 valence electrons. The van der Waals surface area contributed by atoms with Gasteiger partial charge in [-0.2, -0.15) is 0 Å². The number of hydrogen-bond acceptors (Lipinski definition) is 5. The van der Waals surface area contributed by atoms with Gasteiger partial charge in [0.25, 0.3) is 0 Å². The number of para-hydroxylation sites is 1. The Kier molecular flexibility index (Phi) is 15.2. The summed E-state index contributed by atoms with van der Waals surface area (Å²) in [5.74, 6) is 1.76. The molecule has 6 nitrogen and oxygen atoms in total. The van der Waals surface area contributed by atoms with Crippen molar-refractivity contribution in [2.24, 2.45) is 5.73 Å². The number of anilines is 1. The van der Waals surface area contributed by atoms with E-state index in [1.54, 1.807) is 14.2 Å². The van der Waals surface area contributed by atoms with Crippen LogP contribution in [-0.2, 0) is 20.7 Å². The summed E-state index contributed by atoms with van der Waals surface area (Å²) in [6.07, 6.45) is 11.6. The van der Waals surface area contributed by atoms with E-state index >= 15 is 0 Å². The molecule has 2 unspecified atom stereocenters. The highest BCUT2D eigenvalue weighted by Crippen LogP contribution is 2.31. The zero-order chi connectivity index (χ0) is 27.6. The Bertz CT molecular complexity index is 1060. The van der Waals surface area contributed by atoms with E-state index in [9.17, 15) is 9.59 Å². The van der Waals surface area contributed by atoms with Crippen molar-refractivity contribution >= 4 is 17.9 Å². The summed E-state index contributed by atoms with van der Waals surface area (Å²) in [6.45, 7) is 8.06. The van der Waals surface area contributed by atoms with Crippen LogP contribution in [0.5, 0.6) is 5.75 Å². The Hall–Kier alpha value is -3.48. The van der Waals surface area contributed by atoms with E-state index in [0.29, 0.717) is 6.42 Å².